The minimum Gasteiger partial charge on any atom is -0.392 e. The molecule has 0 aromatic heterocycles. The maximum atomic E-state index is 12.4. The zero-order valence-corrected chi connectivity index (χ0v) is 16.1. The van der Waals surface area contributed by atoms with Crippen LogP contribution in [0.15, 0.2) is 50.1 Å². The van der Waals surface area contributed by atoms with Gasteiger partial charge in [0.2, 0.25) is 20.0 Å². The lowest BCUT2D eigenvalue weighted by molar-refractivity contribution is 0.342. The second-order valence-electron chi connectivity index (χ2n) is 5.14. The van der Waals surface area contributed by atoms with Crippen molar-refractivity contribution in [2.45, 2.75) is 6.42 Å². The van der Waals surface area contributed by atoms with Crippen molar-refractivity contribution in [3.8, 4) is 0 Å². The number of aliphatic hydroxyl groups is 1. The second-order valence-corrected chi connectivity index (χ2v) is 9.32. The number of hydrogen-bond acceptors (Lipinski definition) is 5. The maximum absolute atomic E-state index is 12.4. The van der Waals surface area contributed by atoms with Gasteiger partial charge in [-0.25, -0.2) is 16.8 Å². The van der Waals surface area contributed by atoms with Gasteiger partial charge < -0.3 is 5.11 Å². The van der Waals surface area contributed by atoms with Gasteiger partial charge in [-0.3, -0.25) is 0 Å². The summed E-state index contributed by atoms with van der Waals surface area (Å²) in [6.45, 7) is 10.9. The van der Waals surface area contributed by atoms with Crippen LogP contribution < -0.4 is 0 Å². The Morgan fingerprint density at radius 2 is 1.12 bits per heavy atom. The predicted molar refractivity (Wildman–Crippen MR) is 102 cm³/mol. The molecule has 0 atom stereocenters. The summed E-state index contributed by atoms with van der Waals surface area (Å²) in [7, 11) is -7.22. The number of hydrogen-bond donors (Lipinski definition) is 1. The summed E-state index contributed by atoms with van der Waals surface area (Å²) in [5.41, 5.74) is 0. The van der Waals surface area contributed by atoms with Crippen molar-refractivity contribution in [1.29, 1.82) is 0 Å². The summed E-state index contributed by atoms with van der Waals surface area (Å²) in [5.74, 6) is -0.564. The molecule has 1 N–H and O–H groups in total. The fourth-order valence-corrected chi connectivity index (χ4v) is 5.01. The van der Waals surface area contributed by atoms with Crippen molar-refractivity contribution in [3.05, 3.63) is 50.1 Å². The van der Waals surface area contributed by atoms with Gasteiger partial charge in [0.05, 0.1) is 18.1 Å². The van der Waals surface area contributed by atoms with Crippen molar-refractivity contribution in [3.63, 3.8) is 0 Å². The van der Waals surface area contributed by atoms with Crippen LogP contribution in [-0.4, -0.2) is 74.8 Å². The Hall–Kier alpha value is -1.26. The third kappa shape index (κ3) is 9.13. The molecule has 25 heavy (non-hydrogen) atoms. The average Bonchev–Trinajstić information content (AvgIpc) is 2.53. The molecule has 0 aliphatic carbocycles. The number of rotatable bonds is 15. The standard InChI is InChI=1S/C16H28N2O5S2/c1-4-10-17(11-5-2)24(20,21)15-9-16-25(22,23)18(12-6-3)13-7-8-14-19/h4-8,19H,1-3,9-16H2/b8-7+. The van der Waals surface area contributed by atoms with Gasteiger partial charge in [-0.05, 0) is 6.42 Å². The molecular weight excluding hydrogens is 364 g/mol. The Bertz CT molecular complexity index is 644. The summed E-state index contributed by atoms with van der Waals surface area (Å²) >= 11 is 0. The molecule has 0 saturated heterocycles. The molecule has 0 saturated carbocycles. The molecule has 0 unspecified atom stereocenters. The van der Waals surface area contributed by atoms with Crippen LogP contribution in [0, 0.1) is 0 Å². The molecule has 0 rings (SSSR count). The average molecular weight is 393 g/mol. The van der Waals surface area contributed by atoms with Crippen LogP contribution >= 0.6 is 0 Å². The molecule has 7 nitrogen and oxygen atoms in total. The van der Waals surface area contributed by atoms with Gasteiger partial charge in [-0.2, -0.15) is 8.61 Å². The highest BCUT2D eigenvalue weighted by molar-refractivity contribution is 7.90. The molecule has 144 valence electrons. The van der Waals surface area contributed by atoms with Gasteiger partial charge in [0, 0.05) is 26.2 Å². The smallest absolute Gasteiger partial charge is 0.214 e. The molecule has 9 heteroatoms. The highest BCUT2D eigenvalue weighted by atomic mass is 32.2. The van der Waals surface area contributed by atoms with Crippen molar-refractivity contribution in [1.82, 2.24) is 8.61 Å². The van der Waals surface area contributed by atoms with E-state index in [-0.39, 0.29) is 50.7 Å². The van der Waals surface area contributed by atoms with E-state index in [0.29, 0.717) is 0 Å². The van der Waals surface area contributed by atoms with E-state index < -0.39 is 20.0 Å². The van der Waals surface area contributed by atoms with Gasteiger partial charge in [-0.15, -0.1) is 19.7 Å². The molecule has 0 aromatic rings. The Morgan fingerprint density at radius 1 is 0.720 bits per heavy atom. The van der Waals surface area contributed by atoms with E-state index in [1.54, 1.807) is 0 Å². The van der Waals surface area contributed by atoms with Crippen molar-refractivity contribution >= 4 is 20.0 Å². The monoisotopic (exact) mass is 392 g/mol. The third-order valence-corrected chi connectivity index (χ3v) is 6.95. The van der Waals surface area contributed by atoms with Gasteiger partial charge in [0.1, 0.15) is 0 Å². The summed E-state index contributed by atoms with van der Waals surface area (Å²) in [4.78, 5) is 0. The fourth-order valence-electron chi connectivity index (χ4n) is 1.98. The minimum atomic E-state index is -3.63. The molecule has 0 amide bonds. The Kier molecular flexibility index (Phi) is 11.5. The van der Waals surface area contributed by atoms with E-state index in [1.807, 2.05) is 0 Å². The van der Waals surface area contributed by atoms with Gasteiger partial charge in [0.25, 0.3) is 0 Å². The SMILES string of the molecule is C=CCN(CC=C)S(=O)(=O)CCCS(=O)(=O)N(CC=C)C/C=C/CO. The van der Waals surface area contributed by atoms with E-state index in [9.17, 15) is 16.8 Å². The lowest BCUT2D eigenvalue weighted by Crippen LogP contribution is -2.36. The number of nitrogens with zero attached hydrogens (tertiary/aromatic N) is 2. The molecule has 0 heterocycles. The quantitative estimate of drug-likeness (QED) is 0.415. The van der Waals surface area contributed by atoms with E-state index in [1.165, 1.54) is 39.0 Å². The predicted octanol–water partition coefficient (Wildman–Crippen LogP) is 0.747. The molecular formula is C16H28N2O5S2. The molecule has 0 bridgehead atoms. The molecule has 0 aliphatic rings. The van der Waals surface area contributed by atoms with Crippen LogP contribution in [0.2, 0.25) is 0 Å². The minimum absolute atomic E-state index is 0.0210. The lowest BCUT2D eigenvalue weighted by Gasteiger charge is -2.21. The number of sulfonamides is 2. The van der Waals surface area contributed by atoms with E-state index in [0.717, 1.165) is 0 Å². The van der Waals surface area contributed by atoms with Crippen LogP contribution in [0.3, 0.4) is 0 Å². The first-order chi connectivity index (χ1) is 11.7. The summed E-state index contributed by atoms with van der Waals surface area (Å²) in [6.07, 6.45) is 7.35. The largest absolute Gasteiger partial charge is 0.392 e. The van der Waals surface area contributed by atoms with Gasteiger partial charge >= 0.3 is 0 Å². The van der Waals surface area contributed by atoms with Crippen LogP contribution in [0.1, 0.15) is 6.42 Å². The van der Waals surface area contributed by atoms with Crippen molar-refractivity contribution in [2.24, 2.45) is 0 Å². The van der Waals surface area contributed by atoms with E-state index in [2.05, 4.69) is 19.7 Å². The van der Waals surface area contributed by atoms with Gasteiger partial charge in [0.15, 0.2) is 0 Å². The normalized spacial score (nSPS) is 12.8. The molecule has 0 fully saturated rings. The molecule has 0 aromatic carbocycles. The Morgan fingerprint density at radius 3 is 1.48 bits per heavy atom. The first-order valence-corrected chi connectivity index (χ1v) is 11.0. The fraction of sp³-hybridized carbons (Fsp3) is 0.500. The topological polar surface area (TPSA) is 95.0 Å². The zero-order valence-electron chi connectivity index (χ0n) is 14.5. The summed E-state index contributed by atoms with van der Waals surface area (Å²) < 4.78 is 51.6. The van der Waals surface area contributed by atoms with E-state index >= 15 is 0 Å². The first-order valence-electron chi connectivity index (χ1n) is 7.79. The van der Waals surface area contributed by atoms with Crippen molar-refractivity contribution in [2.75, 3.05) is 44.3 Å². The van der Waals surface area contributed by atoms with Crippen LogP contribution in [0.4, 0.5) is 0 Å². The van der Waals surface area contributed by atoms with Crippen LogP contribution in [0.5, 0.6) is 0 Å². The number of aliphatic hydroxyl groups excluding tert-OH is 1. The third-order valence-electron chi connectivity index (χ3n) is 3.17. The Labute approximate surface area is 151 Å². The van der Waals surface area contributed by atoms with Crippen molar-refractivity contribution < 1.29 is 21.9 Å². The molecule has 0 spiro atoms. The van der Waals surface area contributed by atoms with Crippen LogP contribution in [0.25, 0.3) is 0 Å². The second kappa shape index (κ2) is 12.2. The lowest BCUT2D eigenvalue weighted by atomic mass is 10.5. The van der Waals surface area contributed by atoms with Gasteiger partial charge in [-0.1, -0.05) is 30.4 Å². The Balaban J connectivity index is 4.89. The summed E-state index contributed by atoms with van der Waals surface area (Å²) in [6, 6.07) is 0. The highest BCUT2D eigenvalue weighted by Crippen LogP contribution is 2.08. The first kappa shape index (κ1) is 23.7. The molecule has 0 radical (unpaired) electrons. The summed E-state index contributed by atoms with van der Waals surface area (Å²) in [5, 5.41) is 8.72. The highest BCUT2D eigenvalue weighted by Gasteiger charge is 2.23. The molecule has 0 aliphatic heterocycles. The van der Waals surface area contributed by atoms with Crippen LogP contribution in [-0.2, 0) is 20.0 Å². The van der Waals surface area contributed by atoms with E-state index in [4.69, 9.17) is 5.11 Å². The zero-order chi connectivity index (χ0) is 19.3. The maximum Gasteiger partial charge on any atom is 0.214 e.